The van der Waals surface area contributed by atoms with Crippen LogP contribution in [0.15, 0.2) is 12.4 Å². The van der Waals surface area contributed by atoms with Gasteiger partial charge in [0.05, 0.1) is 6.61 Å². The minimum absolute atomic E-state index is 0.288. The highest BCUT2D eigenvalue weighted by Crippen LogP contribution is 2.31. The van der Waals surface area contributed by atoms with Crippen LogP contribution in [0.25, 0.3) is 0 Å². The first-order valence-electron chi connectivity index (χ1n) is 7.95. The molecule has 0 amide bonds. The molecule has 0 spiro atoms. The van der Waals surface area contributed by atoms with E-state index in [1.165, 1.54) is 32.1 Å². The molecule has 3 atom stereocenters. The van der Waals surface area contributed by atoms with Crippen LogP contribution in [0.2, 0.25) is 0 Å². The van der Waals surface area contributed by atoms with E-state index in [0.29, 0.717) is 6.61 Å². The predicted octanol–water partition coefficient (Wildman–Crippen LogP) is 3.55. The van der Waals surface area contributed by atoms with Crippen LogP contribution in [-0.2, 0) is 11.3 Å². The number of anilines is 1. The number of hydrogen-bond acceptors (Lipinski definition) is 3. The number of rotatable bonds is 7. The topological polar surface area (TPSA) is 39.1 Å². The maximum absolute atomic E-state index is 5.16. The van der Waals surface area contributed by atoms with Gasteiger partial charge in [-0.15, -0.1) is 0 Å². The van der Waals surface area contributed by atoms with E-state index in [4.69, 9.17) is 4.74 Å². The molecule has 0 aliphatic heterocycles. The second-order valence-electron chi connectivity index (χ2n) is 6.37. The number of ether oxygens (including phenoxy) is 1. The second kappa shape index (κ2) is 7.67. The van der Waals surface area contributed by atoms with Crippen molar-refractivity contribution in [3.8, 4) is 0 Å². The summed E-state index contributed by atoms with van der Waals surface area (Å²) in [6.45, 7) is 6.28. The smallest absolute Gasteiger partial charge is 0.203 e. The Bertz CT molecular complexity index is 391. The third-order valence-corrected chi connectivity index (χ3v) is 4.33. The van der Waals surface area contributed by atoms with Crippen LogP contribution < -0.4 is 5.32 Å². The van der Waals surface area contributed by atoms with E-state index in [1.807, 2.05) is 6.20 Å². The zero-order chi connectivity index (χ0) is 14.4. The zero-order valence-electron chi connectivity index (χ0n) is 13.1. The number of hydrogen-bond donors (Lipinski definition) is 1. The molecule has 0 aromatic carbocycles. The number of aryl methyl sites for hydroxylation is 1. The summed E-state index contributed by atoms with van der Waals surface area (Å²) in [6, 6.07) is 0.288. The fraction of sp³-hybridized carbons (Fsp3) is 0.812. The molecular weight excluding hydrogens is 250 g/mol. The van der Waals surface area contributed by atoms with E-state index in [1.54, 1.807) is 7.11 Å². The molecule has 1 aliphatic rings. The number of imidazole rings is 1. The summed E-state index contributed by atoms with van der Waals surface area (Å²) in [6.07, 6.45) is 10.9. The minimum Gasteiger partial charge on any atom is -0.383 e. The van der Waals surface area contributed by atoms with Crippen molar-refractivity contribution in [2.24, 2.45) is 11.8 Å². The van der Waals surface area contributed by atoms with Crippen LogP contribution in [-0.4, -0.2) is 29.3 Å². The van der Waals surface area contributed by atoms with Crippen molar-refractivity contribution >= 4 is 5.95 Å². The first kappa shape index (κ1) is 15.4. The molecule has 20 heavy (non-hydrogen) atoms. The van der Waals surface area contributed by atoms with Crippen molar-refractivity contribution < 1.29 is 4.74 Å². The molecule has 0 bridgehead atoms. The average molecular weight is 279 g/mol. The summed E-state index contributed by atoms with van der Waals surface area (Å²) in [7, 11) is 1.73. The molecule has 1 fully saturated rings. The van der Waals surface area contributed by atoms with Gasteiger partial charge in [0, 0.05) is 32.1 Å². The lowest BCUT2D eigenvalue weighted by Gasteiger charge is -2.27. The van der Waals surface area contributed by atoms with E-state index in [2.05, 4.69) is 34.9 Å². The molecule has 1 saturated carbocycles. The van der Waals surface area contributed by atoms with E-state index in [9.17, 15) is 0 Å². The third-order valence-electron chi connectivity index (χ3n) is 4.33. The Balaban J connectivity index is 1.82. The SMILES string of the molecule is COCC(C)Nc1nccn1CCC1CCCC(C)C1. The Hall–Kier alpha value is -1.03. The summed E-state index contributed by atoms with van der Waals surface area (Å²) < 4.78 is 7.40. The van der Waals surface area contributed by atoms with Gasteiger partial charge in [-0.25, -0.2) is 4.98 Å². The van der Waals surface area contributed by atoms with Gasteiger partial charge in [0.2, 0.25) is 5.95 Å². The van der Waals surface area contributed by atoms with Gasteiger partial charge in [-0.2, -0.15) is 0 Å². The first-order chi connectivity index (χ1) is 9.69. The Kier molecular flexibility index (Phi) is 5.89. The predicted molar refractivity (Wildman–Crippen MR) is 82.9 cm³/mol. The standard InChI is InChI=1S/C16H29N3O/c1-13-5-4-6-15(11-13)7-9-19-10-8-17-16(19)18-14(2)12-20-3/h8,10,13-15H,4-7,9,11-12H2,1-3H3,(H,17,18). The molecule has 1 heterocycles. The Morgan fingerprint density at radius 2 is 2.35 bits per heavy atom. The molecule has 1 aromatic heterocycles. The van der Waals surface area contributed by atoms with Crippen LogP contribution in [0, 0.1) is 11.8 Å². The maximum Gasteiger partial charge on any atom is 0.203 e. The summed E-state index contributed by atoms with van der Waals surface area (Å²) in [5.41, 5.74) is 0. The average Bonchev–Trinajstić information content (AvgIpc) is 2.84. The lowest BCUT2D eigenvalue weighted by Crippen LogP contribution is -2.23. The molecule has 3 unspecified atom stereocenters. The van der Waals surface area contributed by atoms with E-state index >= 15 is 0 Å². The maximum atomic E-state index is 5.16. The van der Waals surface area contributed by atoms with Crippen molar-refractivity contribution in [1.82, 2.24) is 9.55 Å². The molecule has 1 N–H and O–H groups in total. The number of methoxy groups -OCH3 is 1. The van der Waals surface area contributed by atoms with Gasteiger partial charge >= 0.3 is 0 Å². The zero-order valence-corrected chi connectivity index (χ0v) is 13.1. The molecule has 114 valence electrons. The van der Waals surface area contributed by atoms with Crippen LogP contribution in [0.1, 0.15) is 46.0 Å². The summed E-state index contributed by atoms with van der Waals surface area (Å²) in [5, 5.41) is 3.41. The largest absolute Gasteiger partial charge is 0.383 e. The van der Waals surface area contributed by atoms with Crippen molar-refractivity contribution in [3.05, 3.63) is 12.4 Å². The van der Waals surface area contributed by atoms with E-state index in [0.717, 1.165) is 24.3 Å². The van der Waals surface area contributed by atoms with Crippen molar-refractivity contribution in [2.75, 3.05) is 19.0 Å². The highest BCUT2D eigenvalue weighted by Gasteiger charge is 2.19. The minimum atomic E-state index is 0.288. The Morgan fingerprint density at radius 1 is 1.50 bits per heavy atom. The summed E-state index contributed by atoms with van der Waals surface area (Å²) >= 11 is 0. The highest BCUT2D eigenvalue weighted by molar-refractivity contribution is 5.27. The van der Waals surface area contributed by atoms with Crippen LogP contribution >= 0.6 is 0 Å². The number of aromatic nitrogens is 2. The molecule has 4 heteroatoms. The quantitative estimate of drug-likeness (QED) is 0.829. The lowest BCUT2D eigenvalue weighted by molar-refractivity contribution is 0.190. The van der Waals surface area contributed by atoms with Crippen molar-refractivity contribution in [1.29, 1.82) is 0 Å². The number of nitrogens with one attached hydrogen (secondary N) is 1. The van der Waals surface area contributed by atoms with Gasteiger partial charge in [-0.1, -0.05) is 26.2 Å². The molecule has 2 rings (SSSR count). The fourth-order valence-electron chi connectivity index (χ4n) is 3.29. The van der Waals surface area contributed by atoms with Gasteiger partial charge in [0.1, 0.15) is 0 Å². The van der Waals surface area contributed by atoms with Crippen LogP contribution in [0.3, 0.4) is 0 Å². The molecule has 1 aromatic rings. The fourth-order valence-corrected chi connectivity index (χ4v) is 3.29. The molecule has 0 saturated heterocycles. The first-order valence-corrected chi connectivity index (χ1v) is 7.95. The van der Waals surface area contributed by atoms with E-state index < -0.39 is 0 Å². The normalized spacial score (nSPS) is 24.6. The second-order valence-corrected chi connectivity index (χ2v) is 6.37. The van der Waals surface area contributed by atoms with Gasteiger partial charge in [0.15, 0.2) is 0 Å². The monoisotopic (exact) mass is 279 g/mol. The molecule has 1 aliphatic carbocycles. The molecular formula is C16H29N3O. The highest BCUT2D eigenvalue weighted by atomic mass is 16.5. The van der Waals surface area contributed by atoms with Gasteiger partial charge in [-0.05, 0) is 31.6 Å². The van der Waals surface area contributed by atoms with Gasteiger partial charge in [0.25, 0.3) is 0 Å². The lowest BCUT2D eigenvalue weighted by atomic mass is 9.81. The van der Waals surface area contributed by atoms with Crippen LogP contribution in [0.4, 0.5) is 5.95 Å². The summed E-state index contributed by atoms with van der Waals surface area (Å²) in [5.74, 6) is 2.78. The Morgan fingerprint density at radius 3 is 3.10 bits per heavy atom. The Labute approximate surface area is 122 Å². The molecule has 4 nitrogen and oxygen atoms in total. The van der Waals surface area contributed by atoms with Gasteiger partial charge < -0.3 is 14.6 Å². The summed E-state index contributed by atoms with van der Waals surface area (Å²) in [4.78, 5) is 4.41. The van der Waals surface area contributed by atoms with Gasteiger partial charge in [-0.3, -0.25) is 0 Å². The van der Waals surface area contributed by atoms with E-state index in [-0.39, 0.29) is 6.04 Å². The molecule has 0 radical (unpaired) electrons. The number of nitrogens with zero attached hydrogens (tertiary/aromatic N) is 2. The van der Waals surface area contributed by atoms with Crippen molar-refractivity contribution in [2.45, 2.75) is 58.5 Å². The third kappa shape index (κ3) is 4.51. The van der Waals surface area contributed by atoms with Crippen LogP contribution in [0.5, 0.6) is 0 Å². The van der Waals surface area contributed by atoms with Crippen molar-refractivity contribution in [3.63, 3.8) is 0 Å².